The van der Waals surface area contributed by atoms with E-state index in [4.69, 9.17) is 23.5 Å². The van der Waals surface area contributed by atoms with Gasteiger partial charge < -0.3 is 28.6 Å². The zero-order valence-electron chi connectivity index (χ0n) is 35.0. The summed E-state index contributed by atoms with van der Waals surface area (Å²) >= 11 is 0. The number of piperazine rings is 1. The van der Waals surface area contributed by atoms with Gasteiger partial charge in [-0.25, -0.2) is 13.8 Å². The summed E-state index contributed by atoms with van der Waals surface area (Å²) in [6.07, 6.45) is 1.67. The molecule has 0 spiro atoms. The fourth-order valence-electron chi connectivity index (χ4n) is 7.87. The minimum absolute atomic E-state index is 0.00815. The Morgan fingerprint density at radius 2 is 1.46 bits per heavy atom. The lowest BCUT2D eigenvalue weighted by atomic mass is 9.98. The fourth-order valence-corrected chi connectivity index (χ4v) is 9.64. The van der Waals surface area contributed by atoms with Gasteiger partial charge in [0.2, 0.25) is 5.88 Å². The van der Waals surface area contributed by atoms with Crippen LogP contribution in [0.1, 0.15) is 47.0 Å². The van der Waals surface area contributed by atoms with Gasteiger partial charge in [-0.1, -0.05) is 97.1 Å². The molecule has 63 heavy (non-hydrogen) atoms. The average Bonchev–Trinajstić information content (AvgIpc) is 3.63. The van der Waals surface area contributed by atoms with Crippen molar-refractivity contribution in [3.8, 4) is 17.4 Å². The van der Waals surface area contributed by atoms with Crippen LogP contribution in [0.25, 0.3) is 21.7 Å². The highest BCUT2D eigenvalue weighted by Crippen LogP contribution is 2.50. The Morgan fingerprint density at radius 1 is 0.825 bits per heavy atom. The van der Waals surface area contributed by atoms with Crippen LogP contribution < -0.4 is 9.26 Å². The molecule has 1 aliphatic heterocycles. The molecule has 1 saturated heterocycles. The van der Waals surface area contributed by atoms with Gasteiger partial charge in [0.1, 0.15) is 23.2 Å². The van der Waals surface area contributed by atoms with Crippen molar-refractivity contribution in [3.63, 3.8) is 0 Å². The number of para-hydroxylation sites is 1. The lowest BCUT2D eigenvalue weighted by molar-refractivity contribution is -0.150. The number of hydrogen-bond acceptors (Lipinski definition) is 10. The van der Waals surface area contributed by atoms with E-state index in [1.54, 1.807) is 71.2 Å². The third kappa shape index (κ3) is 9.76. The number of rotatable bonds is 16. The minimum atomic E-state index is -3.85. The molecule has 324 valence electrons. The Hall–Kier alpha value is -6.53. The number of esters is 1. The van der Waals surface area contributed by atoms with Crippen LogP contribution in [-0.4, -0.2) is 87.9 Å². The molecule has 0 radical (unpaired) electrons. The number of carbonyl (C=O) groups excluding carboxylic acids is 2. The van der Waals surface area contributed by atoms with E-state index < -0.39 is 25.8 Å². The highest BCUT2D eigenvalue weighted by atomic mass is 31.2. The largest absolute Gasteiger partial charge is 0.494 e. The molecule has 1 N–H and O–H groups in total. The summed E-state index contributed by atoms with van der Waals surface area (Å²) in [4.78, 5) is 36.0. The van der Waals surface area contributed by atoms with Crippen LogP contribution in [0, 0.1) is 5.82 Å². The van der Waals surface area contributed by atoms with Crippen LogP contribution in [0.15, 0.2) is 140 Å². The van der Waals surface area contributed by atoms with Gasteiger partial charge in [-0.05, 0) is 60.9 Å². The van der Waals surface area contributed by atoms with Gasteiger partial charge in [0, 0.05) is 55.9 Å². The number of aromatic nitrogens is 2. The van der Waals surface area contributed by atoms with Gasteiger partial charge >= 0.3 is 13.6 Å². The molecule has 12 nitrogen and oxygen atoms in total. The lowest BCUT2D eigenvalue weighted by Gasteiger charge is -2.35. The third-order valence-corrected chi connectivity index (χ3v) is 12.9. The number of carbonyl (C=O) groups is 2. The maximum Gasteiger partial charge on any atom is 0.381 e. The van der Waals surface area contributed by atoms with Crippen LogP contribution >= 0.6 is 7.60 Å². The number of benzene rings is 5. The van der Waals surface area contributed by atoms with E-state index in [1.807, 2.05) is 72.8 Å². The van der Waals surface area contributed by atoms with Crippen molar-refractivity contribution in [1.29, 1.82) is 0 Å². The molecule has 3 heterocycles. The minimum Gasteiger partial charge on any atom is -0.494 e. The Balaban J connectivity index is 1.11. The fraction of sp³-hybridized carbons (Fsp3) is 0.245. The number of amides is 1. The second-order valence-corrected chi connectivity index (χ2v) is 17.4. The summed E-state index contributed by atoms with van der Waals surface area (Å²) in [6.45, 7) is 5.43. The summed E-state index contributed by atoms with van der Waals surface area (Å²) < 4.78 is 53.6. The number of aromatic hydroxyl groups is 1. The maximum atomic E-state index is 15.0. The number of hydrogen-bond donors (Lipinski definition) is 1. The normalized spacial score (nSPS) is 14.7. The van der Waals surface area contributed by atoms with Gasteiger partial charge in [0.25, 0.3) is 5.91 Å². The van der Waals surface area contributed by atoms with Crippen LogP contribution in [-0.2, 0) is 25.2 Å². The van der Waals surface area contributed by atoms with Gasteiger partial charge in [-0.3, -0.25) is 19.2 Å². The summed E-state index contributed by atoms with van der Waals surface area (Å²) in [5, 5.41) is 13.5. The van der Waals surface area contributed by atoms with E-state index in [0.29, 0.717) is 71.5 Å². The molecule has 5 aromatic carbocycles. The van der Waals surface area contributed by atoms with E-state index in [9.17, 15) is 23.7 Å². The number of ether oxygens (including phenoxy) is 2. The van der Waals surface area contributed by atoms with Gasteiger partial charge in [0.05, 0.1) is 30.3 Å². The van der Waals surface area contributed by atoms with Gasteiger partial charge in [-0.15, -0.1) is 0 Å². The molecule has 1 fully saturated rings. The number of pyridine rings is 1. The standard InChI is InChI=1S/C49H48FN4O8P/c1-3-59-49(57)34(2)61-63(58,62-39-18-11-6-12-19-39)31-30-52-26-28-53(29-27-52)47(55)42-40-20-13-25-51-44(40)46(60-45(36-14-7-4-8-15-36)37-16-9-5-10-17-37)43-41(42)33-54(48(43)56)32-35-21-23-38(50)24-22-35/h4-25,33-34,45,56H,3,26-32H2,1-2H3/t34-,63?/m1/s1. The lowest BCUT2D eigenvalue weighted by Crippen LogP contribution is -2.49. The van der Waals surface area contributed by atoms with Crippen LogP contribution in [0.4, 0.5) is 4.39 Å². The van der Waals surface area contributed by atoms with Gasteiger partial charge in [-0.2, -0.15) is 0 Å². The van der Waals surface area contributed by atoms with Gasteiger partial charge in [0.15, 0.2) is 11.9 Å². The van der Waals surface area contributed by atoms with Crippen LogP contribution in [0.2, 0.25) is 0 Å². The van der Waals surface area contributed by atoms with Crippen molar-refractivity contribution in [2.45, 2.75) is 32.6 Å². The molecule has 1 amide bonds. The third-order valence-electron chi connectivity index (χ3n) is 11.0. The Kier molecular flexibility index (Phi) is 13.2. The Morgan fingerprint density at radius 3 is 2.10 bits per heavy atom. The molecule has 0 bridgehead atoms. The quantitative estimate of drug-likeness (QED) is 0.0741. The molecule has 1 aliphatic rings. The summed E-state index contributed by atoms with van der Waals surface area (Å²) in [5.74, 6) is -0.723. The van der Waals surface area contributed by atoms with E-state index in [0.717, 1.165) is 16.7 Å². The molecule has 8 rings (SSSR count). The first kappa shape index (κ1) is 43.1. The Bertz CT molecular complexity index is 2690. The van der Waals surface area contributed by atoms with E-state index in [-0.39, 0.29) is 36.9 Å². The summed E-state index contributed by atoms with van der Waals surface area (Å²) in [5.41, 5.74) is 3.27. The number of halogens is 1. The molecule has 14 heteroatoms. The average molecular weight is 871 g/mol. The van der Waals surface area contributed by atoms with Crippen LogP contribution in [0.5, 0.6) is 17.4 Å². The topological polar surface area (TPSA) is 133 Å². The Labute approximate surface area is 364 Å². The number of nitrogens with zero attached hydrogens (tertiary/aromatic N) is 4. The summed E-state index contributed by atoms with van der Waals surface area (Å²) in [6, 6.07) is 37.9. The van der Waals surface area contributed by atoms with Crippen molar-refractivity contribution in [3.05, 3.63) is 168 Å². The van der Waals surface area contributed by atoms with Crippen molar-refractivity contribution >= 4 is 41.1 Å². The zero-order chi connectivity index (χ0) is 43.9. The molecule has 2 atom stereocenters. The second-order valence-electron chi connectivity index (χ2n) is 15.3. The monoisotopic (exact) mass is 870 g/mol. The van der Waals surface area contributed by atoms with Crippen molar-refractivity contribution in [1.82, 2.24) is 19.4 Å². The van der Waals surface area contributed by atoms with Crippen molar-refractivity contribution in [2.24, 2.45) is 0 Å². The highest BCUT2D eigenvalue weighted by Gasteiger charge is 2.35. The molecule has 2 aromatic heterocycles. The SMILES string of the molecule is CCOC(=O)[C@@H](C)OP(=O)(CCN1CCN(C(=O)c2c3cccnc3c(OC(c3ccccc3)c3ccccc3)c3c(O)n(Cc4ccc(F)cc4)cc23)CC1)Oc1ccccc1. The van der Waals surface area contributed by atoms with E-state index >= 15 is 0 Å². The molecule has 7 aromatic rings. The molecule has 0 saturated carbocycles. The van der Waals surface area contributed by atoms with E-state index in [2.05, 4.69) is 4.90 Å². The van der Waals surface area contributed by atoms with Crippen LogP contribution in [0.3, 0.4) is 0 Å². The molecule has 0 aliphatic carbocycles. The highest BCUT2D eigenvalue weighted by molar-refractivity contribution is 7.54. The molecular formula is C49H48FN4O8P. The molecular weight excluding hydrogens is 823 g/mol. The maximum absolute atomic E-state index is 15.0. The summed E-state index contributed by atoms with van der Waals surface area (Å²) in [7, 11) is -3.85. The smallest absolute Gasteiger partial charge is 0.381 e. The first-order valence-corrected chi connectivity index (χ1v) is 22.7. The number of fused-ring (bicyclic) bond motifs is 2. The van der Waals surface area contributed by atoms with Crippen molar-refractivity contribution in [2.75, 3.05) is 45.5 Å². The first-order valence-electron chi connectivity index (χ1n) is 20.9. The first-order chi connectivity index (χ1) is 30.6. The predicted molar refractivity (Wildman–Crippen MR) is 239 cm³/mol. The predicted octanol–water partition coefficient (Wildman–Crippen LogP) is 9.25. The molecule has 1 unspecified atom stereocenters. The van der Waals surface area contributed by atoms with Crippen molar-refractivity contribution < 1.29 is 42.2 Å². The van der Waals surface area contributed by atoms with E-state index in [1.165, 1.54) is 19.1 Å². The second kappa shape index (κ2) is 19.2. The zero-order valence-corrected chi connectivity index (χ0v) is 35.9.